The third kappa shape index (κ3) is 6.01. The molecule has 0 bridgehead atoms. The first kappa shape index (κ1) is 24.8. The second-order valence-corrected chi connectivity index (χ2v) is 8.72. The number of aryl methyl sites for hydroxylation is 1. The van der Waals surface area contributed by atoms with E-state index in [-0.39, 0.29) is 27.8 Å². The van der Waals surface area contributed by atoms with E-state index in [9.17, 15) is 14.7 Å². The molecule has 4 aromatic carbocycles. The van der Waals surface area contributed by atoms with Gasteiger partial charge in [-0.05, 0) is 102 Å². The Morgan fingerprint density at radius 2 is 1.25 bits per heavy atom. The van der Waals surface area contributed by atoms with E-state index in [2.05, 4.69) is 21.3 Å². The van der Waals surface area contributed by atoms with Crippen molar-refractivity contribution in [1.29, 1.82) is 0 Å². The van der Waals surface area contributed by atoms with E-state index in [1.165, 1.54) is 0 Å². The van der Waals surface area contributed by atoms with Gasteiger partial charge in [-0.1, -0.05) is 30.3 Å². The van der Waals surface area contributed by atoms with Crippen LogP contribution >= 0.6 is 24.4 Å². The fraction of sp³-hybridized carbons (Fsp3) is 0.0370. The topological polar surface area (TPSA) is 102 Å². The Morgan fingerprint density at radius 1 is 0.694 bits per heavy atom. The third-order valence-corrected chi connectivity index (χ3v) is 5.82. The van der Waals surface area contributed by atoms with Crippen LogP contribution < -0.4 is 21.3 Å². The van der Waals surface area contributed by atoms with E-state index in [1.54, 1.807) is 54.6 Å². The summed E-state index contributed by atoms with van der Waals surface area (Å²) in [6.07, 6.45) is 0. The van der Waals surface area contributed by atoms with Gasteiger partial charge in [-0.25, -0.2) is 0 Å². The number of thiocarbonyl (C=S) groups is 2. The number of hydrogen-bond donors (Lipinski definition) is 5. The lowest BCUT2D eigenvalue weighted by Gasteiger charge is -2.12. The molecule has 0 aromatic heterocycles. The van der Waals surface area contributed by atoms with Crippen molar-refractivity contribution in [1.82, 2.24) is 10.6 Å². The summed E-state index contributed by atoms with van der Waals surface area (Å²) in [5.74, 6) is -0.513. The summed E-state index contributed by atoms with van der Waals surface area (Å²) < 4.78 is 0. The highest BCUT2D eigenvalue weighted by Gasteiger charge is 2.12. The maximum atomic E-state index is 12.7. The monoisotopic (exact) mass is 514 g/mol. The summed E-state index contributed by atoms with van der Waals surface area (Å²) in [6, 6.07) is 24.4. The van der Waals surface area contributed by atoms with Crippen LogP contribution in [0.1, 0.15) is 26.3 Å². The Bertz CT molecular complexity index is 1470. The van der Waals surface area contributed by atoms with E-state index in [4.69, 9.17) is 24.4 Å². The first-order valence-corrected chi connectivity index (χ1v) is 11.7. The van der Waals surface area contributed by atoms with Gasteiger partial charge in [-0.3, -0.25) is 20.2 Å². The van der Waals surface area contributed by atoms with Gasteiger partial charge in [0, 0.05) is 22.5 Å². The number of fused-ring (bicyclic) bond motifs is 1. The van der Waals surface area contributed by atoms with Gasteiger partial charge in [0.15, 0.2) is 10.2 Å². The highest BCUT2D eigenvalue weighted by Crippen LogP contribution is 2.26. The molecule has 180 valence electrons. The van der Waals surface area contributed by atoms with Crippen LogP contribution in [0.15, 0.2) is 84.9 Å². The fourth-order valence-corrected chi connectivity index (χ4v) is 3.94. The number of phenols is 1. The molecule has 0 aliphatic rings. The molecule has 0 fully saturated rings. The van der Waals surface area contributed by atoms with Crippen molar-refractivity contribution in [2.75, 3.05) is 10.6 Å². The molecule has 0 saturated carbocycles. The number of amides is 2. The highest BCUT2D eigenvalue weighted by atomic mass is 32.1. The minimum atomic E-state index is -0.365. The lowest BCUT2D eigenvalue weighted by molar-refractivity contribution is 0.0969. The van der Waals surface area contributed by atoms with E-state index in [0.717, 1.165) is 22.0 Å². The minimum Gasteiger partial charge on any atom is -0.508 e. The number of carbonyl (C=O) groups excluding carboxylic acids is 2. The zero-order valence-corrected chi connectivity index (χ0v) is 20.8. The van der Waals surface area contributed by atoms with Gasteiger partial charge in [0.2, 0.25) is 0 Å². The third-order valence-electron chi connectivity index (χ3n) is 5.41. The van der Waals surface area contributed by atoms with Crippen molar-refractivity contribution < 1.29 is 14.7 Å². The van der Waals surface area contributed by atoms with Crippen LogP contribution in [0.5, 0.6) is 5.75 Å². The second kappa shape index (κ2) is 10.9. The standard InChI is InChI=1S/C27H22N4O3S2/c1-16-22-13-9-19(15-18(22)10-14-23(16)32)25(34)31-27(36)29-21-11-7-17(8-12-21)24(33)30-26(35)28-20-5-3-2-4-6-20/h2-15,32H,1H3,(H2,28,30,33,35)(H2,29,31,34,36). The van der Waals surface area contributed by atoms with Crippen LogP contribution in [0.25, 0.3) is 10.8 Å². The minimum absolute atomic E-state index is 0.118. The van der Waals surface area contributed by atoms with Crippen LogP contribution in [-0.2, 0) is 0 Å². The zero-order valence-electron chi connectivity index (χ0n) is 19.2. The van der Waals surface area contributed by atoms with Crippen LogP contribution in [-0.4, -0.2) is 27.1 Å². The number of nitrogens with one attached hydrogen (secondary N) is 4. The Morgan fingerprint density at radius 3 is 1.89 bits per heavy atom. The number of para-hydroxylation sites is 1. The predicted molar refractivity (Wildman–Crippen MR) is 151 cm³/mol. The van der Waals surface area contributed by atoms with E-state index in [1.807, 2.05) is 37.3 Å². The first-order valence-electron chi connectivity index (χ1n) is 10.9. The van der Waals surface area contributed by atoms with E-state index < -0.39 is 0 Å². The molecule has 0 spiro atoms. The molecule has 0 saturated heterocycles. The van der Waals surface area contributed by atoms with Crippen LogP contribution in [0.3, 0.4) is 0 Å². The molecular formula is C27H22N4O3S2. The highest BCUT2D eigenvalue weighted by molar-refractivity contribution is 7.80. The number of rotatable bonds is 4. The van der Waals surface area contributed by atoms with Gasteiger partial charge in [-0.2, -0.15) is 0 Å². The smallest absolute Gasteiger partial charge is 0.257 e. The summed E-state index contributed by atoms with van der Waals surface area (Å²) in [5, 5.41) is 23.0. The fourth-order valence-electron chi connectivity index (χ4n) is 3.52. The van der Waals surface area contributed by atoms with Gasteiger partial charge >= 0.3 is 0 Å². The predicted octanol–water partition coefficient (Wildman–Crippen LogP) is 5.11. The molecule has 36 heavy (non-hydrogen) atoms. The summed E-state index contributed by atoms with van der Waals surface area (Å²) in [7, 11) is 0. The molecule has 0 unspecified atom stereocenters. The van der Waals surface area contributed by atoms with Gasteiger partial charge in [0.1, 0.15) is 5.75 Å². The van der Waals surface area contributed by atoms with Crippen LogP contribution in [0, 0.1) is 6.92 Å². The Labute approximate surface area is 218 Å². The lowest BCUT2D eigenvalue weighted by atomic mass is 10.0. The average molecular weight is 515 g/mol. The number of carbonyl (C=O) groups is 2. The molecule has 2 amide bonds. The molecule has 0 aliphatic carbocycles. The van der Waals surface area contributed by atoms with Crippen molar-refractivity contribution in [3.05, 3.63) is 102 Å². The second-order valence-electron chi connectivity index (χ2n) is 7.91. The number of phenolic OH excluding ortho intramolecular Hbond substituents is 1. The average Bonchev–Trinajstić information content (AvgIpc) is 2.87. The molecule has 0 radical (unpaired) electrons. The summed E-state index contributed by atoms with van der Waals surface area (Å²) in [5.41, 5.74) is 2.97. The Balaban J connectivity index is 1.32. The molecule has 0 heterocycles. The summed E-state index contributed by atoms with van der Waals surface area (Å²) >= 11 is 10.5. The van der Waals surface area contributed by atoms with Crippen molar-refractivity contribution in [2.45, 2.75) is 6.92 Å². The number of benzene rings is 4. The Kier molecular flexibility index (Phi) is 7.53. The molecule has 4 rings (SSSR count). The molecular weight excluding hydrogens is 492 g/mol. The van der Waals surface area contributed by atoms with Gasteiger partial charge < -0.3 is 15.7 Å². The molecule has 0 aliphatic heterocycles. The molecule has 9 heteroatoms. The van der Waals surface area contributed by atoms with Crippen molar-refractivity contribution in [2.24, 2.45) is 0 Å². The first-order chi connectivity index (χ1) is 17.3. The van der Waals surface area contributed by atoms with Gasteiger partial charge in [0.25, 0.3) is 11.8 Å². The largest absolute Gasteiger partial charge is 0.508 e. The quantitative estimate of drug-likeness (QED) is 0.241. The van der Waals surface area contributed by atoms with E-state index >= 15 is 0 Å². The summed E-state index contributed by atoms with van der Waals surface area (Å²) in [4.78, 5) is 25.1. The maximum absolute atomic E-state index is 12.7. The Hall–Kier alpha value is -4.34. The molecule has 0 atom stereocenters. The number of aromatic hydroxyl groups is 1. The molecule has 4 aromatic rings. The number of hydrogen-bond acceptors (Lipinski definition) is 5. The number of anilines is 2. The van der Waals surface area contributed by atoms with Crippen molar-refractivity contribution >= 4 is 68.6 Å². The zero-order chi connectivity index (χ0) is 25.7. The normalized spacial score (nSPS) is 10.4. The van der Waals surface area contributed by atoms with E-state index in [0.29, 0.717) is 16.8 Å². The van der Waals surface area contributed by atoms with Crippen molar-refractivity contribution in [3.8, 4) is 5.75 Å². The molecule has 7 nitrogen and oxygen atoms in total. The van der Waals surface area contributed by atoms with Crippen molar-refractivity contribution in [3.63, 3.8) is 0 Å². The SMILES string of the molecule is Cc1c(O)ccc2cc(C(=O)NC(=S)Nc3ccc(C(=O)NC(=S)Nc4ccccc4)cc3)ccc12. The molecule has 5 N–H and O–H groups in total. The van der Waals surface area contributed by atoms with Crippen LogP contribution in [0.4, 0.5) is 11.4 Å². The van der Waals surface area contributed by atoms with Gasteiger partial charge in [0.05, 0.1) is 0 Å². The maximum Gasteiger partial charge on any atom is 0.257 e. The van der Waals surface area contributed by atoms with Gasteiger partial charge in [-0.15, -0.1) is 0 Å². The lowest BCUT2D eigenvalue weighted by Crippen LogP contribution is -2.34. The summed E-state index contributed by atoms with van der Waals surface area (Å²) in [6.45, 7) is 1.82. The van der Waals surface area contributed by atoms with Crippen LogP contribution in [0.2, 0.25) is 0 Å².